The van der Waals surface area contributed by atoms with Gasteiger partial charge in [-0.1, -0.05) is 6.07 Å². The number of rotatable bonds is 1. The van der Waals surface area contributed by atoms with Crippen LogP contribution in [-0.2, 0) is 4.74 Å². The van der Waals surface area contributed by atoms with E-state index < -0.39 is 11.4 Å². The number of halogens is 1. The third-order valence-electron chi connectivity index (χ3n) is 4.98. The molecule has 0 aliphatic carbocycles. The average Bonchev–Trinajstić information content (AvgIpc) is 2.99. The molecule has 1 amide bonds. The summed E-state index contributed by atoms with van der Waals surface area (Å²) in [7, 11) is 0. The summed E-state index contributed by atoms with van der Waals surface area (Å²) in [6.07, 6.45) is 1.03. The van der Waals surface area contributed by atoms with E-state index in [2.05, 4.69) is 10.1 Å². The maximum atomic E-state index is 14.3. The molecule has 3 heterocycles. The van der Waals surface area contributed by atoms with Gasteiger partial charge in [-0.3, -0.25) is 4.79 Å². The van der Waals surface area contributed by atoms with Crippen molar-refractivity contribution < 1.29 is 13.9 Å². The van der Waals surface area contributed by atoms with Crippen LogP contribution in [0.2, 0.25) is 0 Å². The molecular formula is C20H23FN4O3. The fraction of sp³-hybridized carbons (Fsp3) is 0.450. The first kappa shape index (κ1) is 18.5. The molecule has 0 atom stereocenters. The molecule has 0 spiro atoms. The van der Waals surface area contributed by atoms with Crippen LogP contribution in [0.1, 0.15) is 45.2 Å². The van der Waals surface area contributed by atoms with Gasteiger partial charge in [0, 0.05) is 25.1 Å². The highest BCUT2D eigenvalue weighted by molar-refractivity contribution is 5.92. The van der Waals surface area contributed by atoms with Crippen molar-refractivity contribution in [1.29, 1.82) is 0 Å². The molecular weight excluding hydrogens is 363 g/mol. The molecule has 7 nitrogen and oxygen atoms in total. The summed E-state index contributed by atoms with van der Waals surface area (Å²) in [5.74, 6) is -0.374. The molecule has 0 saturated carbocycles. The number of carbonyl (C=O) groups excluding carboxylic acids is 1. The van der Waals surface area contributed by atoms with E-state index in [1.165, 1.54) is 12.1 Å². The van der Waals surface area contributed by atoms with Crippen molar-refractivity contribution in [2.45, 2.75) is 45.1 Å². The molecule has 1 fully saturated rings. The van der Waals surface area contributed by atoms with Gasteiger partial charge in [-0.25, -0.2) is 13.7 Å². The van der Waals surface area contributed by atoms with Crippen molar-refractivity contribution in [1.82, 2.24) is 19.5 Å². The number of hydrogen-bond donors (Lipinski definition) is 1. The van der Waals surface area contributed by atoms with E-state index in [0.717, 1.165) is 5.69 Å². The highest BCUT2D eigenvalue weighted by Gasteiger charge is 2.29. The van der Waals surface area contributed by atoms with Gasteiger partial charge >= 0.3 is 6.09 Å². The Labute approximate surface area is 161 Å². The number of likely N-dealkylation sites (tertiary alicyclic amines) is 1. The number of H-pyrrole nitrogens is 1. The molecule has 28 heavy (non-hydrogen) atoms. The molecule has 148 valence electrons. The van der Waals surface area contributed by atoms with E-state index in [4.69, 9.17) is 4.74 Å². The summed E-state index contributed by atoms with van der Waals surface area (Å²) < 4.78 is 21.4. The van der Waals surface area contributed by atoms with Crippen LogP contribution in [0.3, 0.4) is 0 Å². The lowest BCUT2D eigenvalue weighted by atomic mass is 9.93. The molecule has 1 saturated heterocycles. The Morgan fingerprint density at radius 2 is 2.00 bits per heavy atom. The zero-order valence-electron chi connectivity index (χ0n) is 16.2. The number of carbonyl (C=O) groups is 1. The minimum absolute atomic E-state index is 0.0425. The molecule has 2 aromatic heterocycles. The standard InChI is InChI=1S/C20H23FN4O3/c1-20(2,3)28-19(27)24-9-7-12(8-10-24)15-11-16(26)22-18-17-13(21)5-4-6-14(17)23-25(15)18/h4-6,11-12H,7-10H2,1-3H3,(H,22,26). The minimum Gasteiger partial charge on any atom is -0.444 e. The Hall–Kier alpha value is -2.90. The number of aromatic nitrogens is 3. The normalized spacial score (nSPS) is 16.1. The molecule has 3 aromatic rings. The number of fused-ring (bicyclic) bond motifs is 3. The van der Waals surface area contributed by atoms with Crippen molar-refractivity contribution in [3.8, 4) is 0 Å². The van der Waals surface area contributed by atoms with E-state index in [1.54, 1.807) is 21.5 Å². The fourth-order valence-electron chi connectivity index (χ4n) is 3.72. The Morgan fingerprint density at radius 1 is 1.29 bits per heavy atom. The first-order valence-corrected chi connectivity index (χ1v) is 9.41. The molecule has 1 aromatic carbocycles. The Balaban J connectivity index is 1.64. The second kappa shape index (κ2) is 6.61. The van der Waals surface area contributed by atoms with Gasteiger partial charge in [0.15, 0.2) is 0 Å². The highest BCUT2D eigenvalue weighted by atomic mass is 19.1. The molecule has 0 bridgehead atoms. The summed E-state index contributed by atoms with van der Waals surface area (Å²) in [5.41, 5.74) is 0.770. The number of nitrogens with zero attached hydrogens (tertiary/aromatic N) is 3. The monoisotopic (exact) mass is 386 g/mol. The smallest absolute Gasteiger partial charge is 0.410 e. The predicted octanol–water partition coefficient (Wildman–Crippen LogP) is 3.43. The summed E-state index contributed by atoms with van der Waals surface area (Å²) in [6, 6.07) is 6.19. The predicted molar refractivity (Wildman–Crippen MR) is 103 cm³/mol. The Kier molecular flexibility index (Phi) is 4.36. The zero-order chi connectivity index (χ0) is 20.1. The largest absolute Gasteiger partial charge is 0.444 e. The van der Waals surface area contributed by atoms with Crippen LogP contribution in [0, 0.1) is 5.82 Å². The molecule has 0 unspecified atom stereocenters. The van der Waals surface area contributed by atoms with Gasteiger partial charge in [0.2, 0.25) is 0 Å². The van der Waals surface area contributed by atoms with Crippen LogP contribution in [0.5, 0.6) is 0 Å². The molecule has 1 N–H and O–H groups in total. The van der Waals surface area contributed by atoms with Gasteiger partial charge in [0.25, 0.3) is 5.56 Å². The number of hydrogen-bond acceptors (Lipinski definition) is 4. The van der Waals surface area contributed by atoms with Crippen LogP contribution in [-0.4, -0.2) is 44.3 Å². The van der Waals surface area contributed by atoms with Gasteiger partial charge in [-0.15, -0.1) is 0 Å². The second-order valence-corrected chi connectivity index (χ2v) is 8.19. The summed E-state index contributed by atoms with van der Waals surface area (Å²) in [6.45, 7) is 6.58. The summed E-state index contributed by atoms with van der Waals surface area (Å²) in [5, 5.41) is 4.81. The summed E-state index contributed by atoms with van der Waals surface area (Å²) in [4.78, 5) is 28.9. The maximum Gasteiger partial charge on any atom is 0.410 e. The fourth-order valence-corrected chi connectivity index (χ4v) is 3.72. The zero-order valence-corrected chi connectivity index (χ0v) is 16.2. The van der Waals surface area contributed by atoms with Gasteiger partial charge in [-0.05, 0) is 45.7 Å². The van der Waals surface area contributed by atoms with E-state index in [1.807, 2.05) is 20.8 Å². The number of piperidine rings is 1. The van der Waals surface area contributed by atoms with E-state index in [0.29, 0.717) is 42.5 Å². The van der Waals surface area contributed by atoms with Crippen LogP contribution in [0.4, 0.5) is 9.18 Å². The van der Waals surface area contributed by atoms with Gasteiger partial charge in [-0.2, -0.15) is 5.10 Å². The Bertz CT molecular complexity index is 1100. The summed E-state index contributed by atoms with van der Waals surface area (Å²) >= 11 is 0. The maximum absolute atomic E-state index is 14.3. The number of amides is 1. The lowest BCUT2D eigenvalue weighted by molar-refractivity contribution is 0.0203. The average molecular weight is 386 g/mol. The van der Waals surface area contributed by atoms with Crippen LogP contribution < -0.4 is 5.56 Å². The molecule has 1 aliphatic rings. The molecule has 8 heteroatoms. The van der Waals surface area contributed by atoms with E-state index in [9.17, 15) is 14.0 Å². The van der Waals surface area contributed by atoms with Crippen molar-refractivity contribution in [3.63, 3.8) is 0 Å². The van der Waals surface area contributed by atoms with Crippen LogP contribution in [0.15, 0.2) is 29.1 Å². The number of ether oxygens (including phenoxy) is 1. The first-order valence-electron chi connectivity index (χ1n) is 9.41. The van der Waals surface area contributed by atoms with Crippen molar-refractivity contribution >= 4 is 22.6 Å². The van der Waals surface area contributed by atoms with E-state index >= 15 is 0 Å². The van der Waals surface area contributed by atoms with Crippen molar-refractivity contribution in [2.75, 3.05) is 13.1 Å². The molecule has 4 rings (SSSR count). The Morgan fingerprint density at radius 3 is 2.68 bits per heavy atom. The topological polar surface area (TPSA) is 79.7 Å². The van der Waals surface area contributed by atoms with Crippen LogP contribution >= 0.6 is 0 Å². The number of benzene rings is 1. The highest BCUT2D eigenvalue weighted by Crippen LogP contribution is 2.30. The van der Waals surface area contributed by atoms with Crippen molar-refractivity contribution in [2.24, 2.45) is 0 Å². The number of nitrogens with one attached hydrogen (secondary N) is 1. The second-order valence-electron chi connectivity index (χ2n) is 8.19. The number of aromatic amines is 1. The van der Waals surface area contributed by atoms with E-state index in [-0.39, 0.29) is 17.6 Å². The third-order valence-corrected chi connectivity index (χ3v) is 4.98. The van der Waals surface area contributed by atoms with Gasteiger partial charge in [0.05, 0.1) is 16.6 Å². The lowest BCUT2D eigenvalue weighted by Crippen LogP contribution is -2.41. The quantitative estimate of drug-likeness (QED) is 0.695. The van der Waals surface area contributed by atoms with Crippen molar-refractivity contribution in [3.05, 3.63) is 46.1 Å². The lowest BCUT2D eigenvalue weighted by Gasteiger charge is -2.33. The third kappa shape index (κ3) is 3.34. The molecule has 1 aliphatic heterocycles. The SMILES string of the molecule is CC(C)(C)OC(=O)N1CCC(c2cc(=O)[nH]c3c4c(F)cccc4nn23)CC1. The minimum atomic E-state index is -0.536. The van der Waals surface area contributed by atoms with Gasteiger partial charge < -0.3 is 14.6 Å². The molecule has 0 radical (unpaired) electrons. The van der Waals surface area contributed by atoms with Crippen LogP contribution in [0.25, 0.3) is 16.6 Å². The first-order chi connectivity index (χ1) is 13.2. The van der Waals surface area contributed by atoms with Gasteiger partial charge in [0.1, 0.15) is 17.1 Å².